The van der Waals surface area contributed by atoms with E-state index in [-0.39, 0.29) is 5.41 Å². The molecule has 0 saturated heterocycles. The molecule has 0 heterocycles. The lowest BCUT2D eigenvalue weighted by atomic mass is 9.54. The first-order valence-electron chi connectivity index (χ1n) is 8.83. The maximum atomic E-state index is 12.1. The molecule has 0 aliphatic heterocycles. The van der Waals surface area contributed by atoms with E-state index in [2.05, 4.69) is 13.0 Å². The van der Waals surface area contributed by atoms with Crippen LogP contribution in [0.3, 0.4) is 0 Å². The zero-order valence-corrected chi connectivity index (χ0v) is 13.6. The van der Waals surface area contributed by atoms with Gasteiger partial charge in [0, 0.05) is 5.92 Å². The number of benzene rings is 1. The number of phenols is 1. The van der Waals surface area contributed by atoms with Gasteiger partial charge in [-0.25, -0.2) is 0 Å². The molecule has 1 aromatic rings. The first kappa shape index (κ1) is 14.3. The van der Waals surface area contributed by atoms with Crippen LogP contribution in [-0.2, 0) is 11.2 Å². The van der Waals surface area contributed by atoms with E-state index in [9.17, 15) is 9.90 Å². The zero-order chi connectivity index (χ0) is 15.5. The average molecular weight is 298 g/mol. The second-order valence-electron chi connectivity index (χ2n) is 8.08. The van der Waals surface area contributed by atoms with Crippen LogP contribution in [-0.4, -0.2) is 10.9 Å². The molecular formula is C20H26O2. The fraction of sp³-hybridized carbons (Fsp3) is 0.650. The Morgan fingerprint density at radius 2 is 2.05 bits per heavy atom. The van der Waals surface area contributed by atoms with Crippen molar-refractivity contribution in [1.29, 1.82) is 0 Å². The molecule has 5 atom stereocenters. The molecule has 1 N–H and O–H groups in total. The minimum absolute atomic E-state index is 0.238. The summed E-state index contributed by atoms with van der Waals surface area (Å²) in [6, 6.07) is 5.97. The number of hydrogen-bond donors (Lipinski definition) is 1. The van der Waals surface area contributed by atoms with Gasteiger partial charge in [0.15, 0.2) is 0 Å². The third kappa shape index (κ3) is 1.89. The number of aromatic hydroxyl groups is 1. The van der Waals surface area contributed by atoms with E-state index >= 15 is 0 Å². The molecule has 2 fully saturated rings. The third-order valence-electron chi connectivity index (χ3n) is 7.20. The summed E-state index contributed by atoms with van der Waals surface area (Å²) in [6.45, 7) is 4.18. The highest BCUT2D eigenvalue weighted by Crippen LogP contribution is 2.63. The summed E-state index contributed by atoms with van der Waals surface area (Å²) in [5.41, 5.74) is 3.06. The maximum absolute atomic E-state index is 12.1. The molecule has 0 radical (unpaired) electrons. The van der Waals surface area contributed by atoms with Gasteiger partial charge in [0.2, 0.25) is 0 Å². The van der Waals surface area contributed by atoms with Crippen molar-refractivity contribution in [2.75, 3.05) is 0 Å². The van der Waals surface area contributed by atoms with Gasteiger partial charge in [-0.05, 0) is 91.9 Å². The predicted octanol–water partition coefficient (Wildman–Crippen LogP) is 4.45. The first-order valence-corrected chi connectivity index (χ1v) is 8.83. The molecule has 2 heteroatoms. The Labute approximate surface area is 132 Å². The van der Waals surface area contributed by atoms with Gasteiger partial charge in [0.1, 0.15) is 11.5 Å². The molecule has 4 rings (SSSR count). The number of fused-ring (bicyclic) bond motifs is 5. The second-order valence-corrected chi connectivity index (χ2v) is 8.08. The highest BCUT2D eigenvalue weighted by atomic mass is 16.3. The number of aryl methyl sites for hydroxylation is 1. The number of ketones is 1. The van der Waals surface area contributed by atoms with E-state index in [4.69, 9.17) is 0 Å². The van der Waals surface area contributed by atoms with E-state index in [1.165, 1.54) is 36.8 Å². The Bertz CT molecular complexity index is 620. The van der Waals surface area contributed by atoms with E-state index in [0.29, 0.717) is 29.3 Å². The van der Waals surface area contributed by atoms with Crippen molar-refractivity contribution >= 4 is 5.78 Å². The van der Waals surface area contributed by atoms with Crippen LogP contribution < -0.4 is 0 Å². The van der Waals surface area contributed by atoms with Crippen LogP contribution >= 0.6 is 0 Å². The topological polar surface area (TPSA) is 37.3 Å². The lowest BCUT2D eigenvalue weighted by Gasteiger charge is -2.50. The number of carbonyl (C=O) groups excluding carboxylic acids is 1. The highest BCUT2D eigenvalue weighted by molar-refractivity contribution is 5.79. The van der Waals surface area contributed by atoms with Gasteiger partial charge in [-0.15, -0.1) is 0 Å². The summed E-state index contributed by atoms with van der Waals surface area (Å²) in [5, 5.41) is 9.73. The third-order valence-corrected chi connectivity index (χ3v) is 7.20. The van der Waals surface area contributed by atoms with E-state index < -0.39 is 0 Å². The van der Waals surface area contributed by atoms with Gasteiger partial charge in [-0.1, -0.05) is 13.0 Å². The normalized spacial score (nSPS) is 39.7. The summed E-state index contributed by atoms with van der Waals surface area (Å²) in [6.07, 6.45) is 7.04. The van der Waals surface area contributed by atoms with Gasteiger partial charge < -0.3 is 5.11 Å². The molecule has 2 nitrogen and oxygen atoms in total. The van der Waals surface area contributed by atoms with Crippen LogP contribution in [0.2, 0.25) is 0 Å². The second kappa shape index (κ2) is 4.84. The van der Waals surface area contributed by atoms with Crippen LogP contribution in [0.1, 0.15) is 63.0 Å². The van der Waals surface area contributed by atoms with Crippen molar-refractivity contribution in [3.63, 3.8) is 0 Å². The van der Waals surface area contributed by atoms with Gasteiger partial charge in [0.25, 0.3) is 0 Å². The maximum Gasteiger partial charge on any atom is 0.133 e. The highest BCUT2D eigenvalue weighted by Gasteiger charge is 2.55. The fourth-order valence-electron chi connectivity index (χ4n) is 6.24. The van der Waals surface area contributed by atoms with Crippen LogP contribution in [0, 0.1) is 23.2 Å². The summed E-state index contributed by atoms with van der Waals surface area (Å²) in [7, 11) is 0. The van der Waals surface area contributed by atoms with Crippen molar-refractivity contribution in [2.45, 2.75) is 58.3 Å². The Morgan fingerprint density at radius 1 is 1.23 bits per heavy atom. The van der Waals surface area contributed by atoms with Crippen LogP contribution in [0.5, 0.6) is 5.75 Å². The number of Topliss-reactive ketones (excluding diaryl/α,β-unsaturated/α-hetero) is 1. The monoisotopic (exact) mass is 298 g/mol. The summed E-state index contributed by atoms with van der Waals surface area (Å²) in [5.74, 6) is 3.19. The van der Waals surface area contributed by atoms with Gasteiger partial charge in [-0.2, -0.15) is 0 Å². The predicted molar refractivity (Wildman–Crippen MR) is 86.9 cm³/mol. The fourth-order valence-corrected chi connectivity index (χ4v) is 6.24. The summed E-state index contributed by atoms with van der Waals surface area (Å²) in [4.78, 5) is 12.1. The summed E-state index contributed by atoms with van der Waals surface area (Å²) >= 11 is 0. The van der Waals surface area contributed by atoms with Gasteiger partial charge >= 0.3 is 0 Å². The number of hydrogen-bond acceptors (Lipinski definition) is 2. The molecule has 2 saturated carbocycles. The van der Waals surface area contributed by atoms with Crippen molar-refractivity contribution in [1.82, 2.24) is 0 Å². The molecule has 22 heavy (non-hydrogen) atoms. The number of rotatable bonds is 1. The Balaban J connectivity index is 1.69. The number of carbonyl (C=O) groups is 1. The minimum Gasteiger partial charge on any atom is -0.508 e. The first-order chi connectivity index (χ1) is 10.5. The number of phenolic OH excluding ortho intramolecular Hbond substituents is 1. The lowest BCUT2D eigenvalue weighted by Crippen LogP contribution is -2.43. The molecule has 0 aromatic heterocycles. The molecule has 118 valence electrons. The van der Waals surface area contributed by atoms with Crippen molar-refractivity contribution in [3.8, 4) is 5.75 Å². The molecule has 0 amide bonds. The van der Waals surface area contributed by atoms with E-state index in [0.717, 1.165) is 18.8 Å². The molecule has 3 aliphatic rings. The molecule has 3 aliphatic carbocycles. The quantitative estimate of drug-likeness (QED) is 0.831. The van der Waals surface area contributed by atoms with E-state index in [1.807, 2.05) is 12.1 Å². The lowest BCUT2D eigenvalue weighted by molar-refractivity contribution is -0.125. The molecule has 1 aromatic carbocycles. The van der Waals surface area contributed by atoms with Gasteiger partial charge in [0.05, 0.1) is 0 Å². The standard InChI is InChI=1S/C20H26O2/c1-12(21)18-7-8-19-17-5-3-13-11-14(22)4-6-15(13)16(17)9-10-20(18,19)2/h4,6,11,16-19,22H,3,5,7-10H2,1-2H3/t16-,17-,18-,19-,20+/m0/s1. The summed E-state index contributed by atoms with van der Waals surface area (Å²) < 4.78 is 0. The minimum atomic E-state index is 0.238. The zero-order valence-electron chi connectivity index (χ0n) is 13.6. The van der Waals surface area contributed by atoms with E-state index in [1.54, 1.807) is 6.92 Å². The van der Waals surface area contributed by atoms with Gasteiger partial charge in [-0.3, -0.25) is 4.79 Å². The Kier molecular flexibility index (Phi) is 3.15. The van der Waals surface area contributed by atoms with Crippen LogP contribution in [0.25, 0.3) is 0 Å². The molecule has 0 unspecified atom stereocenters. The Morgan fingerprint density at radius 3 is 2.82 bits per heavy atom. The smallest absolute Gasteiger partial charge is 0.133 e. The largest absolute Gasteiger partial charge is 0.508 e. The SMILES string of the molecule is CC(=O)[C@@H]1CC[C@H]2[C@H]3CCc4cc(O)ccc4[C@@H]3CC[C@]12C. The Hall–Kier alpha value is -1.31. The molecular weight excluding hydrogens is 272 g/mol. The van der Waals surface area contributed by atoms with Crippen molar-refractivity contribution < 1.29 is 9.90 Å². The van der Waals surface area contributed by atoms with Crippen LogP contribution in [0.4, 0.5) is 0 Å². The average Bonchev–Trinajstić information content (AvgIpc) is 2.84. The molecule has 0 spiro atoms. The molecule has 0 bridgehead atoms. The van der Waals surface area contributed by atoms with Crippen LogP contribution in [0.15, 0.2) is 18.2 Å². The van der Waals surface area contributed by atoms with Crippen molar-refractivity contribution in [3.05, 3.63) is 29.3 Å². The van der Waals surface area contributed by atoms with Crippen molar-refractivity contribution in [2.24, 2.45) is 23.2 Å².